The molecule has 0 saturated heterocycles. The van der Waals surface area contributed by atoms with Gasteiger partial charge in [0, 0.05) is 12.1 Å². The number of nitrogens with two attached hydrogens (primary N) is 1. The molecule has 0 radical (unpaired) electrons. The Labute approximate surface area is 115 Å². The SMILES string of the molecule is C=C/C(=C\CC)Cn1cnn(CC(CN)=C(F)F)c1=O. The predicted octanol–water partition coefficient (Wildman–Crippen LogP) is 1.68. The smallest absolute Gasteiger partial charge is 0.327 e. The summed E-state index contributed by atoms with van der Waals surface area (Å²) in [7, 11) is 0. The molecular weight excluding hydrogens is 266 g/mol. The van der Waals surface area contributed by atoms with E-state index in [-0.39, 0.29) is 18.7 Å². The first-order valence-corrected chi connectivity index (χ1v) is 6.20. The molecule has 1 aromatic heterocycles. The molecule has 1 rings (SSSR count). The highest BCUT2D eigenvalue weighted by molar-refractivity contribution is 5.15. The Morgan fingerprint density at radius 3 is 2.70 bits per heavy atom. The molecular formula is C13H18F2N4O. The van der Waals surface area contributed by atoms with E-state index in [9.17, 15) is 13.6 Å². The minimum absolute atomic E-state index is 0.300. The molecule has 0 aromatic carbocycles. The van der Waals surface area contributed by atoms with Crippen molar-refractivity contribution in [2.45, 2.75) is 26.4 Å². The highest BCUT2D eigenvalue weighted by atomic mass is 19.3. The van der Waals surface area contributed by atoms with Crippen LogP contribution in [0.5, 0.6) is 0 Å². The first-order chi connectivity index (χ1) is 9.53. The molecule has 0 saturated carbocycles. The van der Waals surface area contributed by atoms with E-state index in [1.165, 1.54) is 10.9 Å². The van der Waals surface area contributed by atoms with Gasteiger partial charge in [0.05, 0.1) is 13.1 Å². The van der Waals surface area contributed by atoms with Crippen LogP contribution < -0.4 is 11.4 Å². The minimum Gasteiger partial charge on any atom is -0.327 e. The van der Waals surface area contributed by atoms with Crippen molar-refractivity contribution in [2.24, 2.45) is 5.73 Å². The lowest BCUT2D eigenvalue weighted by Crippen LogP contribution is -2.27. The Morgan fingerprint density at radius 2 is 2.20 bits per heavy atom. The molecule has 5 nitrogen and oxygen atoms in total. The van der Waals surface area contributed by atoms with E-state index in [0.29, 0.717) is 6.54 Å². The van der Waals surface area contributed by atoms with Crippen LogP contribution in [0, 0.1) is 0 Å². The minimum atomic E-state index is -1.87. The number of hydrogen-bond donors (Lipinski definition) is 1. The van der Waals surface area contributed by atoms with Crippen LogP contribution in [0.15, 0.2) is 47.1 Å². The molecule has 0 atom stereocenters. The summed E-state index contributed by atoms with van der Waals surface area (Å²) in [5, 5.41) is 3.82. The maximum atomic E-state index is 12.5. The lowest BCUT2D eigenvalue weighted by molar-refractivity contribution is 0.400. The summed E-state index contributed by atoms with van der Waals surface area (Å²) in [6.45, 7) is 5.34. The molecule has 0 aliphatic carbocycles. The zero-order chi connectivity index (χ0) is 15.1. The van der Waals surface area contributed by atoms with Crippen molar-refractivity contribution in [2.75, 3.05) is 6.54 Å². The molecule has 7 heteroatoms. The van der Waals surface area contributed by atoms with Crippen molar-refractivity contribution < 1.29 is 8.78 Å². The lowest BCUT2D eigenvalue weighted by Gasteiger charge is -2.03. The first-order valence-electron chi connectivity index (χ1n) is 6.20. The molecule has 110 valence electrons. The fraction of sp³-hybridized carbons (Fsp3) is 0.385. The van der Waals surface area contributed by atoms with Crippen molar-refractivity contribution >= 4 is 0 Å². The predicted molar refractivity (Wildman–Crippen MR) is 73.4 cm³/mol. The zero-order valence-corrected chi connectivity index (χ0v) is 11.4. The van der Waals surface area contributed by atoms with Gasteiger partial charge in [-0.2, -0.15) is 13.9 Å². The third kappa shape index (κ3) is 3.99. The third-order valence-corrected chi connectivity index (χ3v) is 2.73. The van der Waals surface area contributed by atoms with Crippen molar-refractivity contribution in [1.29, 1.82) is 0 Å². The van der Waals surface area contributed by atoms with Gasteiger partial charge in [-0.3, -0.25) is 4.57 Å². The standard InChI is InChI=1S/C13H18F2N4O/c1-3-5-10(4-2)7-18-9-17-19(13(18)20)8-11(6-16)12(14)15/h4-5,9H,2-3,6-8,16H2,1H3/b10-5+. The molecule has 0 bridgehead atoms. The summed E-state index contributed by atoms with van der Waals surface area (Å²) in [6, 6.07) is 0. The second-order valence-electron chi connectivity index (χ2n) is 4.16. The van der Waals surface area contributed by atoms with Crippen LogP contribution in [-0.2, 0) is 13.1 Å². The Morgan fingerprint density at radius 1 is 1.50 bits per heavy atom. The Hall–Kier alpha value is -2.02. The van der Waals surface area contributed by atoms with Gasteiger partial charge in [0.15, 0.2) is 0 Å². The van der Waals surface area contributed by atoms with E-state index in [0.717, 1.165) is 16.7 Å². The average molecular weight is 284 g/mol. The molecule has 1 aromatic rings. The van der Waals surface area contributed by atoms with Crippen molar-refractivity contribution in [3.8, 4) is 0 Å². The average Bonchev–Trinajstić information content (AvgIpc) is 2.76. The van der Waals surface area contributed by atoms with Gasteiger partial charge in [-0.05, 0) is 12.0 Å². The van der Waals surface area contributed by atoms with E-state index in [4.69, 9.17) is 5.73 Å². The fourth-order valence-electron chi connectivity index (χ4n) is 1.64. The normalized spacial score (nSPS) is 11.5. The number of allylic oxidation sites excluding steroid dienone is 3. The van der Waals surface area contributed by atoms with Gasteiger partial charge in [0.2, 0.25) is 0 Å². The summed E-state index contributed by atoms with van der Waals surface area (Å²) in [5.41, 5.74) is 5.33. The lowest BCUT2D eigenvalue weighted by atomic mass is 10.2. The summed E-state index contributed by atoms with van der Waals surface area (Å²) in [6.07, 6.45) is 3.85. The van der Waals surface area contributed by atoms with Gasteiger partial charge in [-0.1, -0.05) is 25.7 Å². The van der Waals surface area contributed by atoms with Gasteiger partial charge in [0.1, 0.15) is 6.33 Å². The summed E-state index contributed by atoms with van der Waals surface area (Å²) < 4.78 is 27.3. The van der Waals surface area contributed by atoms with E-state index < -0.39 is 11.8 Å². The molecule has 0 amide bonds. The van der Waals surface area contributed by atoms with Crippen LogP contribution in [0.1, 0.15) is 13.3 Å². The summed E-state index contributed by atoms with van der Waals surface area (Å²) in [4.78, 5) is 12.0. The molecule has 0 unspecified atom stereocenters. The van der Waals surface area contributed by atoms with Crippen LogP contribution >= 0.6 is 0 Å². The van der Waals surface area contributed by atoms with Gasteiger partial charge < -0.3 is 5.73 Å². The fourth-order valence-corrected chi connectivity index (χ4v) is 1.64. The first kappa shape index (κ1) is 16.0. The van der Waals surface area contributed by atoms with Gasteiger partial charge in [-0.25, -0.2) is 9.48 Å². The van der Waals surface area contributed by atoms with Crippen LogP contribution in [0.4, 0.5) is 8.78 Å². The number of rotatable bonds is 7. The Bertz CT molecular complexity index is 579. The maximum absolute atomic E-state index is 12.5. The maximum Gasteiger partial charge on any atom is 0.346 e. The second kappa shape index (κ2) is 7.54. The van der Waals surface area contributed by atoms with Crippen molar-refractivity contribution in [1.82, 2.24) is 14.3 Å². The third-order valence-electron chi connectivity index (χ3n) is 2.73. The molecule has 0 spiro atoms. The largest absolute Gasteiger partial charge is 0.346 e. The van der Waals surface area contributed by atoms with E-state index in [1.807, 2.05) is 13.0 Å². The highest BCUT2D eigenvalue weighted by Crippen LogP contribution is 2.07. The van der Waals surface area contributed by atoms with Crippen molar-refractivity contribution in [3.05, 3.63) is 52.8 Å². The van der Waals surface area contributed by atoms with Crippen LogP contribution in [0.25, 0.3) is 0 Å². The summed E-state index contributed by atoms with van der Waals surface area (Å²) in [5.74, 6) is 0. The Balaban J connectivity index is 2.96. The highest BCUT2D eigenvalue weighted by Gasteiger charge is 2.10. The molecule has 2 N–H and O–H groups in total. The van der Waals surface area contributed by atoms with Crippen molar-refractivity contribution in [3.63, 3.8) is 0 Å². The van der Waals surface area contributed by atoms with E-state index >= 15 is 0 Å². The van der Waals surface area contributed by atoms with Crippen LogP contribution in [0.3, 0.4) is 0 Å². The quantitative estimate of drug-likeness (QED) is 0.775. The van der Waals surface area contributed by atoms with Crippen LogP contribution in [0.2, 0.25) is 0 Å². The topological polar surface area (TPSA) is 65.8 Å². The van der Waals surface area contributed by atoms with Crippen LogP contribution in [-0.4, -0.2) is 20.9 Å². The number of hydrogen-bond acceptors (Lipinski definition) is 3. The number of aromatic nitrogens is 3. The second-order valence-corrected chi connectivity index (χ2v) is 4.16. The molecule has 0 aliphatic heterocycles. The molecule has 20 heavy (non-hydrogen) atoms. The molecule has 0 fully saturated rings. The van der Waals surface area contributed by atoms with Gasteiger partial charge >= 0.3 is 5.69 Å². The monoisotopic (exact) mass is 284 g/mol. The van der Waals surface area contributed by atoms with Gasteiger partial charge in [0.25, 0.3) is 6.08 Å². The Kier molecular flexibility index (Phi) is 6.05. The zero-order valence-electron chi connectivity index (χ0n) is 11.4. The number of halogens is 2. The van der Waals surface area contributed by atoms with Gasteiger partial charge in [-0.15, -0.1) is 0 Å². The molecule has 0 aliphatic rings. The summed E-state index contributed by atoms with van der Waals surface area (Å²) >= 11 is 0. The van der Waals surface area contributed by atoms with E-state index in [2.05, 4.69) is 11.7 Å². The number of nitrogens with zero attached hydrogens (tertiary/aromatic N) is 3. The molecule has 1 heterocycles. The van der Waals surface area contributed by atoms with E-state index in [1.54, 1.807) is 6.08 Å².